The van der Waals surface area contributed by atoms with Crippen molar-refractivity contribution in [3.05, 3.63) is 59.2 Å². The fourth-order valence-corrected chi connectivity index (χ4v) is 3.11. The Morgan fingerprint density at radius 2 is 2.04 bits per heavy atom. The number of para-hydroxylation sites is 1. The van der Waals surface area contributed by atoms with Gasteiger partial charge >= 0.3 is 0 Å². The number of amides is 1. The summed E-state index contributed by atoms with van der Waals surface area (Å²) in [5.74, 6) is 1.43. The third kappa shape index (κ3) is 2.83. The van der Waals surface area contributed by atoms with Crippen molar-refractivity contribution in [3.8, 4) is 5.75 Å². The number of ether oxygens (including phenoxy) is 1. The summed E-state index contributed by atoms with van der Waals surface area (Å²) in [5.41, 5.74) is 4.15. The summed E-state index contributed by atoms with van der Waals surface area (Å²) < 4.78 is 5.91. The van der Waals surface area contributed by atoms with Crippen LogP contribution in [-0.4, -0.2) is 19.1 Å². The second-order valence-electron chi connectivity index (χ2n) is 6.59. The van der Waals surface area contributed by atoms with Gasteiger partial charge < -0.3 is 9.64 Å². The lowest BCUT2D eigenvalue weighted by molar-refractivity contribution is 0.0985. The summed E-state index contributed by atoms with van der Waals surface area (Å²) in [5, 5.41) is 0. The number of carbonyl (C=O) groups is 1. The van der Waals surface area contributed by atoms with E-state index in [0.29, 0.717) is 17.2 Å². The third-order valence-corrected chi connectivity index (χ3v) is 4.67. The third-order valence-electron chi connectivity index (χ3n) is 4.67. The highest BCUT2D eigenvalue weighted by molar-refractivity contribution is 6.09. The van der Waals surface area contributed by atoms with Gasteiger partial charge in [0, 0.05) is 12.2 Å². The van der Waals surface area contributed by atoms with Gasteiger partial charge in [0.15, 0.2) is 0 Å². The minimum absolute atomic E-state index is 0.0424. The zero-order valence-electron chi connectivity index (χ0n) is 13.4. The molecule has 118 valence electrons. The van der Waals surface area contributed by atoms with E-state index in [1.54, 1.807) is 0 Å². The molecular weight excluding hydrogens is 286 g/mol. The zero-order chi connectivity index (χ0) is 15.8. The predicted molar refractivity (Wildman–Crippen MR) is 91.2 cm³/mol. The van der Waals surface area contributed by atoms with Crippen LogP contribution in [0.15, 0.2) is 42.5 Å². The SMILES string of the molecule is Cc1ccc2c(c1)N(C(=O)c1ccccc1OCC1CC1)CC2. The first kappa shape index (κ1) is 14.3. The van der Waals surface area contributed by atoms with Crippen molar-refractivity contribution >= 4 is 11.6 Å². The lowest BCUT2D eigenvalue weighted by Crippen LogP contribution is -2.29. The van der Waals surface area contributed by atoms with Crippen LogP contribution in [0.25, 0.3) is 0 Å². The molecule has 1 amide bonds. The van der Waals surface area contributed by atoms with E-state index in [4.69, 9.17) is 4.74 Å². The summed E-state index contributed by atoms with van der Waals surface area (Å²) in [4.78, 5) is 14.9. The summed E-state index contributed by atoms with van der Waals surface area (Å²) >= 11 is 0. The molecule has 0 saturated heterocycles. The Kier molecular flexibility index (Phi) is 3.56. The number of benzene rings is 2. The monoisotopic (exact) mass is 307 g/mol. The summed E-state index contributed by atoms with van der Waals surface area (Å²) in [6.07, 6.45) is 3.41. The fourth-order valence-electron chi connectivity index (χ4n) is 3.11. The van der Waals surface area contributed by atoms with Crippen LogP contribution in [0.2, 0.25) is 0 Å². The van der Waals surface area contributed by atoms with E-state index in [9.17, 15) is 4.79 Å². The van der Waals surface area contributed by atoms with E-state index in [1.165, 1.54) is 24.0 Å². The number of nitrogens with zero attached hydrogens (tertiary/aromatic N) is 1. The number of aryl methyl sites for hydroxylation is 1. The second kappa shape index (κ2) is 5.73. The molecule has 2 aromatic carbocycles. The Bertz CT molecular complexity index is 749. The molecule has 2 aliphatic rings. The van der Waals surface area contributed by atoms with Gasteiger partial charge in [-0.05, 0) is 61.4 Å². The van der Waals surface area contributed by atoms with Gasteiger partial charge in [0.05, 0.1) is 12.2 Å². The number of hydrogen-bond donors (Lipinski definition) is 0. The van der Waals surface area contributed by atoms with Gasteiger partial charge in [-0.1, -0.05) is 24.3 Å². The average molecular weight is 307 g/mol. The predicted octanol–water partition coefficient (Wildman–Crippen LogP) is 3.99. The van der Waals surface area contributed by atoms with Gasteiger partial charge in [0.1, 0.15) is 5.75 Å². The van der Waals surface area contributed by atoms with Crippen molar-refractivity contribution in [1.82, 2.24) is 0 Å². The molecule has 0 spiro atoms. The van der Waals surface area contributed by atoms with Crippen molar-refractivity contribution in [2.24, 2.45) is 5.92 Å². The van der Waals surface area contributed by atoms with Gasteiger partial charge in [0.2, 0.25) is 0 Å². The Morgan fingerprint density at radius 3 is 2.87 bits per heavy atom. The quantitative estimate of drug-likeness (QED) is 0.855. The Labute approximate surface area is 136 Å². The van der Waals surface area contributed by atoms with Crippen molar-refractivity contribution in [1.29, 1.82) is 0 Å². The van der Waals surface area contributed by atoms with Gasteiger partial charge in [-0.3, -0.25) is 4.79 Å². The highest BCUT2D eigenvalue weighted by atomic mass is 16.5. The maximum Gasteiger partial charge on any atom is 0.262 e. The van der Waals surface area contributed by atoms with Crippen LogP contribution >= 0.6 is 0 Å². The highest BCUT2D eigenvalue weighted by Crippen LogP contribution is 2.33. The summed E-state index contributed by atoms with van der Waals surface area (Å²) in [6.45, 7) is 3.53. The normalized spacial score (nSPS) is 16.3. The molecule has 0 aromatic heterocycles. The zero-order valence-corrected chi connectivity index (χ0v) is 13.4. The Balaban J connectivity index is 1.61. The minimum atomic E-state index is 0.0424. The van der Waals surface area contributed by atoms with Crippen LogP contribution < -0.4 is 9.64 Å². The van der Waals surface area contributed by atoms with Crippen LogP contribution in [-0.2, 0) is 6.42 Å². The first-order valence-corrected chi connectivity index (χ1v) is 8.35. The maximum atomic E-state index is 13.0. The molecule has 0 N–H and O–H groups in total. The standard InChI is InChI=1S/C20H21NO2/c1-14-6-9-16-10-11-21(18(16)12-14)20(22)17-4-2-3-5-19(17)23-13-15-7-8-15/h2-6,9,12,15H,7-8,10-11,13H2,1H3. The van der Waals surface area contributed by atoms with Gasteiger partial charge in [-0.25, -0.2) is 0 Å². The number of anilines is 1. The molecule has 2 aromatic rings. The van der Waals surface area contributed by atoms with Crippen LogP contribution in [0, 0.1) is 12.8 Å². The molecule has 4 rings (SSSR count). The van der Waals surface area contributed by atoms with E-state index in [-0.39, 0.29) is 5.91 Å². The summed E-state index contributed by atoms with van der Waals surface area (Å²) in [7, 11) is 0. The lowest BCUT2D eigenvalue weighted by Gasteiger charge is -2.19. The average Bonchev–Trinajstić information content (AvgIpc) is 3.31. The fraction of sp³-hybridized carbons (Fsp3) is 0.350. The van der Waals surface area contributed by atoms with E-state index in [2.05, 4.69) is 25.1 Å². The molecule has 0 radical (unpaired) electrons. The molecule has 1 saturated carbocycles. The molecule has 0 atom stereocenters. The van der Waals surface area contributed by atoms with Crippen molar-refractivity contribution in [2.45, 2.75) is 26.2 Å². The smallest absolute Gasteiger partial charge is 0.262 e. The number of fused-ring (bicyclic) bond motifs is 1. The topological polar surface area (TPSA) is 29.5 Å². The maximum absolute atomic E-state index is 13.0. The molecule has 1 heterocycles. The van der Waals surface area contributed by atoms with E-state index >= 15 is 0 Å². The van der Waals surface area contributed by atoms with Crippen LogP contribution in [0.4, 0.5) is 5.69 Å². The van der Waals surface area contributed by atoms with Crippen molar-refractivity contribution < 1.29 is 9.53 Å². The Morgan fingerprint density at radius 1 is 1.22 bits per heavy atom. The van der Waals surface area contributed by atoms with Gasteiger partial charge in [-0.2, -0.15) is 0 Å². The molecule has 3 heteroatoms. The first-order chi connectivity index (χ1) is 11.2. The van der Waals surface area contributed by atoms with Crippen molar-refractivity contribution in [3.63, 3.8) is 0 Å². The summed E-state index contributed by atoms with van der Waals surface area (Å²) in [6, 6.07) is 14.0. The minimum Gasteiger partial charge on any atom is -0.492 e. The first-order valence-electron chi connectivity index (χ1n) is 8.35. The number of hydrogen-bond acceptors (Lipinski definition) is 2. The van der Waals surface area contributed by atoms with Crippen LogP contribution in [0.3, 0.4) is 0 Å². The molecule has 23 heavy (non-hydrogen) atoms. The van der Waals surface area contributed by atoms with Crippen LogP contribution in [0.5, 0.6) is 5.75 Å². The molecule has 0 unspecified atom stereocenters. The Hall–Kier alpha value is -2.29. The van der Waals surface area contributed by atoms with E-state index in [1.807, 2.05) is 29.2 Å². The highest BCUT2D eigenvalue weighted by Gasteiger charge is 2.28. The van der Waals surface area contributed by atoms with E-state index in [0.717, 1.165) is 25.3 Å². The van der Waals surface area contributed by atoms with Gasteiger partial charge in [0.25, 0.3) is 5.91 Å². The molecule has 1 aliphatic carbocycles. The van der Waals surface area contributed by atoms with E-state index < -0.39 is 0 Å². The molecule has 1 fully saturated rings. The van der Waals surface area contributed by atoms with Gasteiger partial charge in [-0.15, -0.1) is 0 Å². The molecule has 3 nitrogen and oxygen atoms in total. The lowest BCUT2D eigenvalue weighted by atomic mass is 10.1. The second-order valence-corrected chi connectivity index (χ2v) is 6.59. The molecular formula is C20H21NO2. The number of rotatable bonds is 4. The van der Waals surface area contributed by atoms with Crippen molar-refractivity contribution in [2.75, 3.05) is 18.1 Å². The van der Waals surface area contributed by atoms with Crippen LogP contribution in [0.1, 0.15) is 34.3 Å². The largest absolute Gasteiger partial charge is 0.492 e. The molecule has 1 aliphatic heterocycles. The molecule has 0 bridgehead atoms. The number of carbonyl (C=O) groups excluding carboxylic acids is 1.